The molecule has 1 fully saturated rings. The van der Waals surface area contributed by atoms with Gasteiger partial charge in [0.25, 0.3) is 5.91 Å². The Labute approximate surface area is 194 Å². The average Bonchev–Trinajstić information content (AvgIpc) is 3.51. The number of nitrogens with one attached hydrogen (secondary N) is 1. The van der Waals surface area contributed by atoms with Gasteiger partial charge in [-0.25, -0.2) is 4.39 Å². The molecule has 3 heterocycles. The Bertz CT molecular complexity index is 1290. The standard InChI is InChI=1S/C24H23FN4O5/c1-31-10-11-33-21-14-20-17(12-18(21)25)23(27-26-20)22-13-19(28-34-22)15-2-4-16(5-3-15)24(30)29-6-8-32-9-7-29/h2-5,12-14H,6-11H2,1H3,(H,26,27). The normalized spacial score (nSPS) is 14.0. The molecule has 10 heteroatoms. The molecule has 1 saturated heterocycles. The van der Waals surface area contributed by atoms with Crippen LogP contribution in [0.15, 0.2) is 47.0 Å². The number of ether oxygens (including phenoxy) is 3. The summed E-state index contributed by atoms with van der Waals surface area (Å²) < 4.78 is 35.7. The summed E-state index contributed by atoms with van der Waals surface area (Å²) in [7, 11) is 1.55. The van der Waals surface area contributed by atoms with Crippen molar-refractivity contribution < 1.29 is 27.9 Å². The maximum atomic E-state index is 14.5. The molecule has 0 aliphatic carbocycles. The number of hydrogen-bond acceptors (Lipinski definition) is 7. The molecule has 2 aromatic carbocycles. The molecule has 0 unspecified atom stereocenters. The first-order valence-corrected chi connectivity index (χ1v) is 10.9. The predicted octanol–water partition coefficient (Wildman–Crippen LogP) is 3.52. The lowest BCUT2D eigenvalue weighted by molar-refractivity contribution is 0.0303. The van der Waals surface area contributed by atoms with Crippen LogP contribution in [0.4, 0.5) is 4.39 Å². The van der Waals surface area contributed by atoms with Crippen LogP contribution in [0.25, 0.3) is 33.6 Å². The van der Waals surface area contributed by atoms with Crippen molar-refractivity contribution in [2.24, 2.45) is 0 Å². The van der Waals surface area contributed by atoms with Crippen LogP contribution >= 0.6 is 0 Å². The predicted molar refractivity (Wildman–Crippen MR) is 121 cm³/mol. The molecule has 0 atom stereocenters. The van der Waals surface area contributed by atoms with Crippen LogP contribution in [0.5, 0.6) is 5.75 Å². The second kappa shape index (κ2) is 9.62. The van der Waals surface area contributed by atoms with Gasteiger partial charge in [-0.1, -0.05) is 17.3 Å². The van der Waals surface area contributed by atoms with Gasteiger partial charge < -0.3 is 23.6 Å². The number of H-pyrrole nitrogens is 1. The van der Waals surface area contributed by atoms with Crippen LogP contribution < -0.4 is 4.74 Å². The number of amides is 1. The lowest BCUT2D eigenvalue weighted by Gasteiger charge is -2.26. The van der Waals surface area contributed by atoms with Crippen molar-refractivity contribution in [1.82, 2.24) is 20.3 Å². The zero-order chi connectivity index (χ0) is 23.5. The highest BCUT2D eigenvalue weighted by atomic mass is 19.1. The van der Waals surface area contributed by atoms with Crippen molar-refractivity contribution in [3.63, 3.8) is 0 Å². The summed E-state index contributed by atoms with van der Waals surface area (Å²) in [4.78, 5) is 14.4. The largest absolute Gasteiger partial charge is 0.488 e. The number of hydrogen-bond donors (Lipinski definition) is 1. The monoisotopic (exact) mass is 466 g/mol. The van der Waals surface area contributed by atoms with E-state index in [1.165, 1.54) is 6.07 Å². The zero-order valence-corrected chi connectivity index (χ0v) is 18.5. The fourth-order valence-corrected chi connectivity index (χ4v) is 3.81. The summed E-state index contributed by atoms with van der Waals surface area (Å²) in [5.41, 5.74) is 3.01. The number of morpholine rings is 1. The van der Waals surface area contributed by atoms with E-state index < -0.39 is 5.82 Å². The van der Waals surface area contributed by atoms with Crippen molar-refractivity contribution in [3.8, 4) is 28.5 Å². The number of rotatable bonds is 7. The van der Waals surface area contributed by atoms with E-state index in [-0.39, 0.29) is 18.3 Å². The Morgan fingerprint density at radius 3 is 2.71 bits per heavy atom. The van der Waals surface area contributed by atoms with Crippen LogP contribution in [0, 0.1) is 5.82 Å². The highest BCUT2D eigenvalue weighted by Crippen LogP contribution is 2.33. The quantitative estimate of drug-likeness (QED) is 0.416. The molecular weight excluding hydrogens is 443 g/mol. The minimum Gasteiger partial charge on any atom is -0.488 e. The van der Waals surface area contributed by atoms with Crippen LogP contribution in [-0.2, 0) is 9.47 Å². The third-order valence-corrected chi connectivity index (χ3v) is 5.63. The van der Waals surface area contributed by atoms with Crippen LogP contribution in [-0.4, -0.2) is 72.8 Å². The van der Waals surface area contributed by atoms with Gasteiger partial charge in [0, 0.05) is 48.8 Å². The Kier molecular flexibility index (Phi) is 6.24. The summed E-state index contributed by atoms with van der Waals surface area (Å²) in [6.07, 6.45) is 0. The van der Waals surface area contributed by atoms with Crippen LogP contribution in [0.3, 0.4) is 0 Å². The van der Waals surface area contributed by atoms with Crippen molar-refractivity contribution >= 4 is 16.8 Å². The molecule has 0 spiro atoms. The Balaban J connectivity index is 1.35. The number of methoxy groups -OCH3 is 1. The molecule has 1 amide bonds. The van der Waals surface area contributed by atoms with Gasteiger partial charge in [-0.05, 0) is 18.2 Å². The van der Waals surface area contributed by atoms with Gasteiger partial charge in [0.1, 0.15) is 18.0 Å². The molecule has 4 aromatic rings. The van der Waals surface area contributed by atoms with E-state index in [1.807, 2.05) is 12.1 Å². The number of halogens is 1. The molecule has 9 nitrogen and oxygen atoms in total. The van der Waals surface area contributed by atoms with Crippen LogP contribution in [0.2, 0.25) is 0 Å². The molecule has 5 rings (SSSR count). The number of carbonyl (C=O) groups is 1. The Morgan fingerprint density at radius 2 is 1.94 bits per heavy atom. The minimum atomic E-state index is -0.508. The lowest BCUT2D eigenvalue weighted by atomic mass is 10.1. The second-order valence-electron chi connectivity index (χ2n) is 7.80. The van der Waals surface area contributed by atoms with Crippen molar-refractivity contribution in [2.75, 3.05) is 46.6 Å². The molecule has 1 N–H and O–H groups in total. The minimum absolute atomic E-state index is 0.0220. The number of carbonyl (C=O) groups excluding carboxylic acids is 1. The molecule has 1 aliphatic rings. The van der Waals surface area contributed by atoms with Crippen molar-refractivity contribution in [3.05, 3.63) is 53.8 Å². The molecule has 176 valence electrons. The van der Waals surface area contributed by atoms with Gasteiger partial charge >= 0.3 is 0 Å². The fourth-order valence-electron chi connectivity index (χ4n) is 3.81. The molecule has 34 heavy (non-hydrogen) atoms. The van der Waals surface area contributed by atoms with E-state index >= 15 is 0 Å². The zero-order valence-electron chi connectivity index (χ0n) is 18.5. The number of benzene rings is 2. The van der Waals surface area contributed by atoms with Gasteiger partial charge in [-0.15, -0.1) is 0 Å². The third kappa shape index (κ3) is 4.37. The number of nitrogens with zero attached hydrogens (tertiary/aromatic N) is 3. The molecule has 0 bridgehead atoms. The number of aromatic amines is 1. The first-order chi connectivity index (χ1) is 16.6. The third-order valence-electron chi connectivity index (χ3n) is 5.63. The smallest absolute Gasteiger partial charge is 0.254 e. The Hall–Kier alpha value is -3.76. The molecular formula is C24H23FN4O5. The van der Waals surface area contributed by atoms with Gasteiger partial charge in [-0.3, -0.25) is 9.89 Å². The first kappa shape index (κ1) is 22.1. The van der Waals surface area contributed by atoms with E-state index in [0.717, 1.165) is 5.56 Å². The highest BCUT2D eigenvalue weighted by molar-refractivity contribution is 5.95. The highest BCUT2D eigenvalue weighted by Gasteiger charge is 2.20. The van der Waals surface area contributed by atoms with E-state index in [0.29, 0.717) is 66.5 Å². The second-order valence-corrected chi connectivity index (χ2v) is 7.80. The van der Waals surface area contributed by atoms with E-state index in [1.54, 1.807) is 36.3 Å². The van der Waals surface area contributed by atoms with Gasteiger partial charge in [-0.2, -0.15) is 5.10 Å². The maximum absolute atomic E-state index is 14.5. The summed E-state index contributed by atoms with van der Waals surface area (Å²) >= 11 is 0. The summed E-state index contributed by atoms with van der Waals surface area (Å²) in [5.74, 6) is -0.0234. The van der Waals surface area contributed by atoms with Crippen molar-refractivity contribution in [1.29, 1.82) is 0 Å². The maximum Gasteiger partial charge on any atom is 0.254 e. The van der Waals surface area contributed by atoms with E-state index in [2.05, 4.69) is 15.4 Å². The molecule has 2 aromatic heterocycles. The van der Waals surface area contributed by atoms with Gasteiger partial charge in [0.15, 0.2) is 17.3 Å². The summed E-state index contributed by atoms with van der Waals surface area (Å²) in [6.45, 7) is 2.88. The van der Waals surface area contributed by atoms with E-state index in [4.69, 9.17) is 18.7 Å². The van der Waals surface area contributed by atoms with Gasteiger partial charge in [0.05, 0.1) is 25.3 Å². The van der Waals surface area contributed by atoms with Crippen LogP contribution in [0.1, 0.15) is 10.4 Å². The van der Waals surface area contributed by atoms with E-state index in [9.17, 15) is 9.18 Å². The average molecular weight is 466 g/mol. The van der Waals surface area contributed by atoms with Gasteiger partial charge in [0.2, 0.25) is 0 Å². The Morgan fingerprint density at radius 1 is 1.15 bits per heavy atom. The summed E-state index contributed by atoms with van der Waals surface area (Å²) in [6, 6.07) is 11.8. The molecule has 0 radical (unpaired) electrons. The fraction of sp³-hybridized carbons (Fsp3) is 0.292. The number of aromatic nitrogens is 3. The SMILES string of the molecule is COCCOc1cc2[nH]nc(-c3cc(-c4ccc(C(=O)N5CCOCC5)cc4)no3)c2cc1F. The summed E-state index contributed by atoms with van der Waals surface area (Å²) in [5, 5.41) is 11.8. The van der Waals surface area contributed by atoms with Crippen molar-refractivity contribution in [2.45, 2.75) is 0 Å². The lowest BCUT2D eigenvalue weighted by Crippen LogP contribution is -2.40. The molecule has 1 aliphatic heterocycles. The molecule has 0 saturated carbocycles. The number of fused-ring (bicyclic) bond motifs is 1. The first-order valence-electron chi connectivity index (χ1n) is 10.9. The topological polar surface area (TPSA) is 103 Å².